The van der Waals surface area contributed by atoms with Crippen molar-refractivity contribution < 1.29 is 9.84 Å². The second-order valence-electron chi connectivity index (χ2n) is 5.63. The standard InChI is InChI=1S/C17H22N4O2/c22-15(13-5-2-1-3-6-13)11-19-17-18-9-8-16(21-17)20-14-7-4-10-23-12-14/h1-3,5-6,8-9,14-15,22H,4,7,10-12H2,(H2,18,19,20,21). The van der Waals surface area contributed by atoms with Gasteiger partial charge >= 0.3 is 0 Å². The van der Waals surface area contributed by atoms with E-state index in [4.69, 9.17) is 4.74 Å². The van der Waals surface area contributed by atoms with Crippen LogP contribution in [0.25, 0.3) is 0 Å². The minimum atomic E-state index is -0.594. The molecule has 3 N–H and O–H groups in total. The molecule has 1 saturated heterocycles. The van der Waals surface area contributed by atoms with Gasteiger partial charge in [-0.3, -0.25) is 0 Å². The summed E-state index contributed by atoms with van der Waals surface area (Å²) in [5.41, 5.74) is 0.869. The summed E-state index contributed by atoms with van der Waals surface area (Å²) in [7, 11) is 0. The highest BCUT2D eigenvalue weighted by atomic mass is 16.5. The Morgan fingerprint density at radius 1 is 1.26 bits per heavy atom. The number of rotatable bonds is 6. The third kappa shape index (κ3) is 4.64. The van der Waals surface area contributed by atoms with E-state index in [2.05, 4.69) is 20.6 Å². The van der Waals surface area contributed by atoms with Crippen molar-refractivity contribution in [1.82, 2.24) is 9.97 Å². The van der Waals surface area contributed by atoms with Crippen molar-refractivity contribution in [2.75, 3.05) is 30.4 Å². The number of ether oxygens (including phenoxy) is 1. The maximum absolute atomic E-state index is 10.2. The van der Waals surface area contributed by atoms with E-state index in [1.54, 1.807) is 6.20 Å². The average Bonchev–Trinajstić information content (AvgIpc) is 2.62. The molecule has 1 aromatic carbocycles. The molecule has 1 aliphatic rings. The molecule has 6 nitrogen and oxygen atoms in total. The Kier molecular flexibility index (Phi) is 5.39. The minimum absolute atomic E-state index is 0.293. The summed E-state index contributed by atoms with van der Waals surface area (Å²) in [6.07, 6.45) is 3.26. The molecule has 3 rings (SSSR count). The predicted molar refractivity (Wildman–Crippen MR) is 89.4 cm³/mol. The monoisotopic (exact) mass is 314 g/mol. The van der Waals surface area contributed by atoms with Crippen LogP contribution in [0.3, 0.4) is 0 Å². The molecule has 122 valence electrons. The summed E-state index contributed by atoms with van der Waals surface area (Å²) < 4.78 is 5.46. The molecule has 1 aromatic heterocycles. The van der Waals surface area contributed by atoms with Gasteiger partial charge in [0.1, 0.15) is 5.82 Å². The lowest BCUT2D eigenvalue weighted by Gasteiger charge is -2.23. The Balaban J connectivity index is 1.55. The molecule has 0 radical (unpaired) electrons. The van der Waals surface area contributed by atoms with Crippen molar-refractivity contribution in [2.24, 2.45) is 0 Å². The van der Waals surface area contributed by atoms with Gasteiger partial charge in [0.15, 0.2) is 0 Å². The molecule has 1 aliphatic heterocycles. The van der Waals surface area contributed by atoms with Crippen molar-refractivity contribution in [1.29, 1.82) is 0 Å². The van der Waals surface area contributed by atoms with Crippen LogP contribution in [0.2, 0.25) is 0 Å². The van der Waals surface area contributed by atoms with Crippen LogP contribution >= 0.6 is 0 Å². The van der Waals surface area contributed by atoms with E-state index in [9.17, 15) is 5.11 Å². The molecule has 0 aliphatic carbocycles. The Bertz CT molecular complexity index is 603. The summed E-state index contributed by atoms with van der Waals surface area (Å²) >= 11 is 0. The minimum Gasteiger partial charge on any atom is -0.387 e. The number of hydrogen-bond acceptors (Lipinski definition) is 6. The van der Waals surface area contributed by atoms with E-state index in [1.165, 1.54) is 0 Å². The first kappa shape index (κ1) is 15.7. The lowest BCUT2D eigenvalue weighted by molar-refractivity contribution is 0.0875. The summed E-state index contributed by atoms with van der Waals surface area (Å²) in [5.74, 6) is 1.27. The van der Waals surface area contributed by atoms with Gasteiger partial charge in [-0.1, -0.05) is 30.3 Å². The molecule has 2 unspecified atom stereocenters. The second kappa shape index (κ2) is 7.89. The molecule has 0 bridgehead atoms. The topological polar surface area (TPSA) is 79.3 Å². The second-order valence-corrected chi connectivity index (χ2v) is 5.63. The first-order valence-corrected chi connectivity index (χ1v) is 7.95. The van der Waals surface area contributed by atoms with Crippen molar-refractivity contribution in [3.63, 3.8) is 0 Å². The summed E-state index contributed by atoms with van der Waals surface area (Å²) in [6, 6.07) is 11.7. The van der Waals surface area contributed by atoms with E-state index in [0.717, 1.165) is 30.8 Å². The number of aromatic nitrogens is 2. The van der Waals surface area contributed by atoms with Gasteiger partial charge in [-0.05, 0) is 24.5 Å². The average molecular weight is 314 g/mol. The highest BCUT2D eigenvalue weighted by Gasteiger charge is 2.14. The van der Waals surface area contributed by atoms with Crippen LogP contribution in [-0.2, 0) is 4.74 Å². The zero-order valence-electron chi connectivity index (χ0n) is 13.0. The predicted octanol–water partition coefficient (Wildman–Crippen LogP) is 2.21. The maximum Gasteiger partial charge on any atom is 0.224 e. The lowest BCUT2D eigenvalue weighted by atomic mass is 10.1. The summed E-state index contributed by atoms with van der Waals surface area (Å²) in [4.78, 5) is 8.63. The lowest BCUT2D eigenvalue weighted by Crippen LogP contribution is -2.30. The number of nitrogens with zero attached hydrogens (tertiary/aromatic N) is 2. The Morgan fingerprint density at radius 2 is 2.13 bits per heavy atom. The Labute approximate surface area is 135 Å². The molecule has 6 heteroatoms. The van der Waals surface area contributed by atoms with Crippen LogP contribution in [0.15, 0.2) is 42.6 Å². The van der Waals surface area contributed by atoms with Crippen LogP contribution in [0.5, 0.6) is 0 Å². The van der Waals surface area contributed by atoms with E-state index < -0.39 is 6.10 Å². The Hall–Kier alpha value is -2.18. The van der Waals surface area contributed by atoms with Gasteiger partial charge in [-0.15, -0.1) is 0 Å². The molecular formula is C17H22N4O2. The normalized spacial score (nSPS) is 19.1. The Morgan fingerprint density at radius 3 is 2.91 bits per heavy atom. The van der Waals surface area contributed by atoms with Crippen molar-refractivity contribution in [3.05, 3.63) is 48.2 Å². The van der Waals surface area contributed by atoms with Crippen LogP contribution in [0, 0.1) is 0 Å². The van der Waals surface area contributed by atoms with Gasteiger partial charge in [0, 0.05) is 19.3 Å². The highest BCUT2D eigenvalue weighted by molar-refractivity contribution is 5.40. The molecule has 1 fully saturated rings. The zero-order chi connectivity index (χ0) is 15.9. The van der Waals surface area contributed by atoms with Gasteiger partial charge in [-0.2, -0.15) is 4.98 Å². The van der Waals surface area contributed by atoms with Crippen LogP contribution in [-0.4, -0.2) is 40.9 Å². The van der Waals surface area contributed by atoms with Crippen LogP contribution in [0.4, 0.5) is 11.8 Å². The quantitative estimate of drug-likeness (QED) is 0.759. The number of benzene rings is 1. The van der Waals surface area contributed by atoms with Gasteiger partial charge < -0.3 is 20.5 Å². The molecule has 0 saturated carbocycles. The third-order valence-electron chi connectivity index (χ3n) is 3.81. The highest BCUT2D eigenvalue weighted by Crippen LogP contribution is 2.15. The van der Waals surface area contributed by atoms with E-state index in [0.29, 0.717) is 25.1 Å². The largest absolute Gasteiger partial charge is 0.387 e. The molecule has 2 aromatic rings. The molecule has 0 amide bonds. The van der Waals surface area contributed by atoms with Gasteiger partial charge in [0.25, 0.3) is 0 Å². The summed E-state index contributed by atoms with van der Waals surface area (Å²) in [5, 5.41) is 16.6. The molecule has 23 heavy (non-hydrogen) atoms. The fraction of sp³-hybridized carbons (Fsp3) is 0.412. The van der Waals surface area contributed by atoms with E-state index >= 15 is 0 Å². The smallest absolute Gasteiger partial charge is 0.224 e. The van der Waals surface area contributed by atoms with Crippen LogP contribution in [0.1, 0.15) is 24.5 Å². The first-order valence-electron chi connectivity index (χ1n) is 7.95. The van der Waals surface area contributed by atoms with Crippen LogP contribution < -0.4 is 10.6 Å². The van der Waals surface area contributed by atoms with E-state index in [1.807, 2.05) is 36.4 Å². The SMILES string of the molecule is OC(CNc1nccc(NC2CCCOC2)n1)c1ccccc1. The maximum atomic E-state index is 10.2. The number of aliphatic hydroxyl groups excluding tert-OH is 1. The fourth-order valence-electron chi connectivity index (χ4n) is 2.57. The number of anilines is 2. The number of hydrogen-bond donors (Lipinski definition) is 3. The number of aliphatic hydroxyl groups is 1. The first-order chi connectivity index (χ1) is 11.3. The number of nitrogens with one attached hydrogen (secondary N) is 2. The van der Waals surface area contributed by atoms with Crippen molar-refractivity contribution in [3.8, 4) is 0 Å². The molecule has 2 heterocycles. The molecule has 0 spiro atoms. The molecular weight excluding hydrogens is 292 g/mol. The fourth-order valence-corrected chi connectivity index (χ4v) is 2.57. The third-order valence-corrected chi connectivity index (χ3v) is 3.81. The summed E-state index contributed by atoms with van der Waals surface area (Å²) in [6.45, 7) is 1.91. The van der Waals surface area contributed by atoms with Crippen molar-refractivity contribution >= 4 is 11.8 Å². The van der Waals surface area contributed by atoms with Gasteiger partial charge in [-0.25, -0.2) is 4.98 Å². The van der Waals surface area contributed by atoms with Crippen molar-refractivity contribution in [2.45, 2.75) is 25.0 Å². The van der Waals surface area contributed by atoms with Gasteiger partial charge in [0.05, 0.1) is 18.8 Å². The van der Waals surface area contributed by atoms with Gasteiger partial charge in [0.2, 0.25) is 5.95 Å². The zero-order valence-corrected chi connectivity index (χ0v) is 13.0. The molecule has 2 atom stereocenters. The van der Waals surface area contributed by atoms with E-state index in [-0.39, 0.29) is 0 Å².